The number of hydrogen-bond acceptors (Lipinski definition) is 5. The minimum Gasteiger partial charge on any atom is -0.460 e. The molecule has 2 amide bonds. The first kappa shape index (κ1) is 22.8. The number of halogens is 2. The van der Waals surface area contributed by atoms with Gasteiger partial charge in [0.1, 0.15) is 12.2 Å². The Morgan fingerprint density at radius 2 is 1.83 bits per heavy atom. The highest BCUT2D eigenvalue weighted by atomic mass is 19.3. The monoisotopic (exact) mass is 411 g/mol. The summed E-state index contributed by atoms with van der Waals surface area (Å²) in [7, 11) is 0. The highest BCUT2D eigenvalue weighted by Crippen LogP contribution is 2.30. The van der Waals surface area contributed by atoms with E-state index in [1.54, 1.807) is 20.8 Å². The van der Waals surface area contributed by atoms with Crippen LogP contribution in [0.4, 0.5) is 13.6 Å². The molecule has 0 aliphatic carbocycles. The van der Waals surface area contributed by atoms with Gasteiger partial charge in [0.05, 0.1) is 18.4 Å². The molecule has 1 fully saturated rings. The van der Waals surface area contributed by atoms with Crippen LogP contribution in [0.5, 0.6) is 0 Å². The second-order valence-electron chi connectivity index (χ2n) is 8.39. The summed E-state index contributed by atoms with van der Waals surface area (Å²) in [5, 5.41) is 0. The van der Waals surface area contributed by atoms with Gasteiger partial charge in [-0.1, -0.05) is 30.3 Å². The molecule has 1 saturated heterocycles. The number of imide groups is 1. The fourth-order valence-electron chi connectivity index (χ4n) is 3.23. The number of carbonyl (C=O) groups is 3. The Kier molecular flexibility index (Phi) is 6.97. The van der Waals surface area contributed by atoms with Crippen LogP contribution in [0.3, 0.4) is 0 Å². The molecule has 1 heterocycles. The normalized spacial score (nSPS) is 18.3. The smallest absolute Gasteiger partial charge is 0.416 e. The van der Waals surface area contributed by atoms with Crippen molar-refractivity contribution >= 4 is 18.0 Å². The highest BCUT2D eigenvalue weighted by molar-refractivity contribution is 5.96. The third kappa shape index (κ3) is 7.11. The number of nitrogens with zero attached hydrogens (tertiary/aromatic N) is 1. The number of carbonyl (C=O) groups excluding carboxylic acids is 3. The Morgan fingerprint density at radius 3 is 2.38 bits per heavy atom. The third-order valence-electron chi connectivity index (χ3n) is 4.30. The Hall–Kier alpha value is -2.51. The van der Waals surface area contributed by atoms with Gasteiger partial charge >= 0.3 is 12.1 Å². The lowest BCUT2D eigenvalue weighted by atomic mass is 9.95. The van der Waals surface area contributed by atoms with E-state index in [2.05, 4.69) is 0 Å². The predicted octanol–water partition coefficient (Wildman–Crippen LogP) is 3.97. The van der Waals surface area contributed by atoms with Crippen molar-refractivity contribution in [3.63, 3.8) is 0 Å². The number of hydrogen-bond donors (Lipinski definition) is 0. The zero-order chi connectivity index (χ0) is 21.8. The fraction of sp³-hybridized carbons (Fsp3) is 0.571. The summed E-state index contributed by atoms with van der Waals surface area (Å²) in [6, 6.07) is 8.53. The SMILES string of the molecule is CC(F)(F)C[C@H](CC(=O)OC(C)(C)C)C(=O)N1C(=O)OC[C@@H]1Cc1ccccc1. The van der Waals surface area contributed by atoms with Gasteiger partial charge in [0, 0.05) is 6.42 Å². The van der Waals surface area contributed by atoms with E-state index >= 15 is 0 Å². The van der Waals surface area contributed by atoms with Gasteiger partial charge in [0.2, 0.25) is 11.8 Å². The summed E-state index contributed by atoms with van der Waals surface area (Å²) >= 11 is 0. The molecule has 0 saturated carbocycles. The summed E-state index contributed by atoms with van der Waals surface area (Å²) in [6.45, 7) is 5.57. The van der Waals surface area contributed by atoms with Crippen LogP contribution in [0.25, 0.3) is 0 Å². The van der Waals surface area contributed by atoms with E-state index in [4.69, 9.17) is 9.47 Å². The molecule has 8 heteroatoms. The average Bonchev–Trinajstić information content (AvgIpc) is 2.92. The second kappa shape index (κ2) is 8.88. The molecule has 1 aromatic rings. The third-order valence-corrected chi connectivity index (χ3v) is 4.30. The number of alkyl halides is 2. The topological polar surface area (TPSA) is 72.9 Å². The number of amides is 2. The van der Waals surface area contributed by atoms with Crippen LogP contribution in [0.15, 0.2) is 30.3 Å². The maximum Gasteiger partial charge on any atom is 0.416 e. The maximum absolute atomic E-state index is 13.7. The van der Waals surface area contributed by atoms with Gasteiger partial charge in [0.15, 0.2) is 0 Å². The van der Waals surface area contributed by atoms with E-state index < -0.39 is 54.3 Å². The molecule has 1 aromatic carbocycles. The van der Waals surface area contributed by atoms with Crippen molar-refractivity contribution < 1.29 is 32.6 Å². The molecule has 0 N–H and O–H groups in total. The first-order valence-electron chi connectivity index (χ1n) is 9.49. The molecule has 0 bridgehead atoms. The van der Waals surface area contributed by atoms with Crippen molar-refractivity contribution in [3.8, 4) is 0 Å². The molecule has 2 rings (SSSR count). The molecular weight excluding hydrogens is 384 g/mol. The molecule has 0 unspecified atom stereocenters. The minimum absolute atomic E-state index is 0.0266. The lowest BCUT2D eigenvalue weighted by molar-refractivity contribution is -0.159. The van der Waals surface area contributed by atoms with Crippen LogP contribution in [0, 0.1) is 5.92 Å². The van der Waals surface area contributed by atoms with Crippen molar-refractivity contribution in [2.75, 3.05) is 6.61 Å². The number of esters is 1. The lowest BCUT2D eigenvalue weighted by Gasteiger charge is -2.27. The van der Waals surface area contributed by atoms with Crippen LogP contribution < -0.4 is 0 Å². The Bertz CT molecular complexity index is 740. The molecule has 0 radical (unpaired) electrons. The van der Waals surface area contributed by atoms with Crippen molar-refractivity contribution in [2.24, 2.45) is 5.92 Å². The van der Waals surface area contributed by atoms with Crippen LogP contribution in [-0.4, -0.2) is 47.0 Å². The molecule has 1 aliphatic heterocycles. The first-order valence-corrected chi connectivity index (χ1v) is 9.49. The summed E-state index contributed by atoms with van der Waals surface area (Å²) in [5.41, 5.74) is 0.0556. The molecule has 1 aliphatic rings. The number of cyclic esters (lactones) is 1. The molecule has 160 valence electrons. The summed E-state index contributed by atoms with van der Waals surface area (Å²) in [5.74, 6) is -6.21. The van der Waals surface area contributed by atoms with Crippen molar-refractivity contribution in [1.82, 2.24) is 4.90 Å². The van der Waals surface area contributed by atoms with E-state index in [0.717, 1.165) is 10.5 Å². The zero-order valence-electron chi connectivity index (χ0n) is 17.1. The van der Waals surface area contributed by atoms with Gasteiger partial charge in [-0.3, -0.25) is 9.59 Å². The zero-order valence-corrected chi connectivity index (χ0v) is 17.1. The van der Waals surface area contributed by atoms with Crippen LogP contribution in [0.1, 0.15) is 46.1 Å². The van der Waals surface area contributed by atoms with E-state index in [9.17, 15) is 23.2 Å². The molecule has 29 heavy (non-hydrogen) atoms. The van der Waals surface area contributed by atoms with Crippen LogP contribution >= 0.6 is 0 Å². The maximum atomic E-state index is 13.7. The van der Waals surface area contributed by atoms with Gasteiger partial charge in [0.25, 0.3) is 0 Å². The van der Waals surface area contributed by atoms with Crippen molar-refractivity contribution in [1.29, 1.82) is 0 Å². The predicted molar refractivity (Wildman–Crippen MR) is 101 cm³/mol. The summed E-state index contributed by atoms with van der Waals surface area (Å²) < 4.78 is 37.6. The van der Waals surface area contributed by atoms with Crippen LogP contribution in [-0.2, 0) is 25.5 Å². The summed E-state index contributed by atoms with van der Waals surface area (Å²) in [6.07, 6.45) is -1.96. The number of rotatable bonds is 7. The Balaban J connectivity index is 2.20. The standard InChI is InChI=1S/C21H27F2NO5/c1-20(2,3)29-17(25)11-15(12-21(4,22)23)18(26)24-16(13-28-19(24)27)10-14-8-6-5-7-9-14/h5-9,15-16H,10-13H2,1-4H3/t15-,16-/m0/s1. The average molecular weight is 411 g/mol. The molecule has 0 spiro atoms. The second-order valence-corrected chi connectivity index (χ2v) is 8.39. The highest BCUT2D eigenvalue weighted by Gasteiger charge is 2.44. The fourth-order valence-corrected chi connectivity index (χ4v) is 3.23. The van der Waals surface area contributed by atoms with Gasteiger partial charge < -0.3 is 9.47 Å². The van der Waals surface area contributed by atoms with E-state index in [0.29, 0.717) is 13.3 Å². The first-order chi connectivity index (χ1) is 13.4. The van der Waals surface area contributed by atoms with Gasteiger partial charge in [-0.15, -0.1) is 0 Å². The Labute approximate surface area is 169 Å². The van der Waals surface area contributed by atoms with E-state index in [-0.39, 0.29) is 6.61 Å². The number of benzene rings is 1. The largest absolute Gasteiger partial charge is 0.460 e. The van der Waals surface area contributed by atoms with E-state index in [1.165, 1.54) is 0 Å². The quantitative estimate of drug-likeness (QED) is 0.635. The van der Waals surface area contributed by atoms with Crippen molar-refractivity contribution in [3.05, 3.63) is 35.9 Å². The molecule has 6 nitrogen and oxygen atoms in total. The van der Waals surface area contributed by atoms with Gasteiger partial charge in [-0.25, -0.2) is 18.5 Å². The number of ether oxygens (including phenoxy) is 2. The Morgan fingerprint density at radius 1 is 1.21 bits per heavy atom. The van der Waals surface area contributed by atoms with Crippen molar-refractivity contribution in [2.45, 2.75) is 64.5 Å². The van der Waals surface area contributed by atoms with Gasteiger partial charge in [-0.2, -0.15) is 0 Å². The van der Waals surface area contributed by atoms with Gasteiger partial charge in [-0.05, 0) is 39.7 Å². The van der Waals surface area contributed by atoms with E-state index in [1.807, 2.05) is 30.3 Å². The summed E-state index contributed by atoms with van der Waals surface area (Å²) in [4.78, 5) is 38.2. The molecule has 2 atom stereocenters. The lowest BCUT2D eigenvalue weighted by Crippen LogP contribution is -2.45. The molecule has 0 aromatic heterocycles. The van der Waals surface area contributed by atoms with Crippen LogP contribution in [0.2, 0.25) is 0 Å². The molecular formula is C21H27F2NO5. The minimum atomic E-state index is -3.19.